The van der Waals surface area contributed by atoms with Crippen molar-refractivity contribution in [1.29, 1.82) is 0 Å². The topological polar surface area (TPSA) is 70.6 Å². The molecule has 5 nitrogen and oxygen atoms in total. The number of halogens is 2. The second kappa shape index (κ2) is 7.21. The van der Waals surface area contributed by atoms with Crippen molar-refractivity contribution in [3.63, 3.8) is 0 Å². The van der Waals surface area contributed by atoms with E-state index in [9.17, 15) is 18.7 Å². The summed E-state index contributed by atoms with van der Waals surface area (Å²) < 4.78 is 28.4. The Balaban J connectivity index is 2.51. The Bertz CT molecular complexity index is 476. The summed E-state index contributed by atoms with van der Waals surface area (Å²) in [4.78, 5) is 11.7. The highest BCUT2D eigenvalue weighted by atomic mass is 19.3. The quantitative estimate of drug-likeness (QED) is 0.783. The van der Waals surface area contributed by atoms with Crippen molar-refractivity contribution in [2.45, 2.75) is 33.5 Å². The van der Waals surface area contributed by atoms with Gasteiger partial charge >= 0.3 is 12.6 Å². The molecule has 0 fully saturated rings. The maximum absolute atomic E-state index is 12.1. The summed E-state index contributed by atoms with van der Waals surface area (Å²) >= 11 is 0. The Morgan fingerprint density at radius 1 is 1.38 bits per heavy atom. The van der Waals surface area contributed by atoms with E-state index in [2.05, 4.69) is 15.4 Å². The van der Waals surface area contributed by atoms with Gasteiger partial charge in [-0.05, 0) is 17.5 Å². The molecule has 2 amide bonds. The minimum Gasteiger partial charge on any atom is -0.435 e. The highest BCUT2D eigenvalue weighted by Crippen LogP contribution is 2.20. The number of benzene rings is 1. The largest absolute Gasteiger partial charge is 0.435 e. The van der Waals surface area contributed by atoms with Gasteiger partial charge in [0.1, 0.15) is 5.75 Å². The van der Waals surface area contributed by atoms with E-state index in [4.69, 9.17) is 0 Å². The average Bonchev–Trinajstić information content (AvgIpc) is 2.34. The van der Waals surface area contributed by atoms with Crippen LogP contribution in [0, 0.1) is 5.41 Å². The van der Waals surface area contributed by atoms with Crippen molar-refractivity contribution >= 4 is 11.7 Å². The maximum Gasteiger partial charge on any atom is 0.387 e. The molecule has 0 aromatic heterocycles. The number of amides is 2. The molecule has 0 saturated carbocycles. The van der Waals surface area contributed by atoms with Crippen LogP contribution in [0.4, 0.5) is 19.3 Å². The summed E-state index contributed by atoms with van der Waals surface area (Å²) in [6.45, 7) is 2.71. The number of nitrogens with one attached hydrogen (secondary N) is 2. The van der Waals surface area contributed by atoms with Gasteiger partial charge in [0, 0.05) is 18.3 Å². The van der Waals surface area contributed by atoms with Crippen molar-refractivity contribution in [2.24, 2.45) is 5.41 Å². The molecule has 0 spiro atoms. The van der Waals surface area contributed by atoms with Crippen LogP contribution in [0.25, 0.3) is 0 Å². The molecular weight excluding hydrogens is 282 g/mol. The zero-order valence-corrected chi connectivity index (χ0v) is 12.2. The van der Waals surface area contributed by atoms with Gasteiger partial charge in [0.05, 0.1) is 6.10 Å². The van der Waals surface area contributed by atoms with E-state index in [1.54, 1.807) is 0 Å². The van der Waals surface area contributed by atoms with Crippen molar-refractivity contribution in [3.05, 3.63) is 24.3 Å². The molecule has 1 aromatic carbocycles. The molecular formula is C14H20F2N2O3. The first kappa shape index (κ1) is 17.2. The van der Waals surface area contributed by atoms with Crippen LogP contribution in [0.5, 0.6) is 5.75 Å². The van der Waals surface area contributed by atoms with Gasteiger partial charge in [-0.3, -0.25) is 0 Å². The SMILES string of the molecule is CC(C)(C)C(O)CNC(=O)Nc1cccc(OC(F)F)c1. The molecule has 1 rings (SSSR count). The number of carbonyl (C=O) groups is 1. The third-order valence-corrected chi connectivity index (χ3v) is 2.77. The van der Waals surface area contributed by atoms with E-state index < -0.39 is 18.7 Å². The molecule has 1 unspecified atom stereocenters. The first-order valence-corrected chi connectivity index (χ1v) is 6.46. The zero-order chi connectivity index (χ0) is 16.0. The summed E-state index contributed by atoms with van der Waals surface area (Å²) in [6.07, 6.45) is -0.697. The van der Waals surface area contributed by atoms with Gasteiger partial charge in [0.15, 0.2) is 0 Å². The highest BCUT2D eigenvalue weighted by Gasteiger charge is 2.22. The molecule has 0 aliphatic rings. The van der Waals surface area contributed by atoms with Crippen LogP contribution >= 0.6 is 0 Å². The molecule has 21 heavy (non-hydrogen) atoms. The molecule has 118 valence electrons. The van der Waals surface area contributed by atoms with Gasteiger partial charge in [0.25, 0.3) is 0 Å². The van der Waals surface area contributed by atoms with E-state index >= 15 is 0 Å². The molecule has 3 N–H and O–H groups in total. The maximum atomic E-state index is 12.1. The van der Waals surface area contributed by atoms with Crippen LogP contribution in [0.3, 0.4) is 0 Å². The van der Waals surface area contributed by atoms with Crippen LogP contribution < -0.4 is 15.4 Å². The summed E-state index contributed by atoms with van der Waals surface area (Å²) in [7, 11) is 0. The lowest BCUT2D eigenvalue weighted by atomic mass is 9.89. The summed E-state index contributed by atoms with van der Waals surface area (Å²) in [5.74, 6) is -0.0440. The van der Waals surface area contributed by atoms with E-state index in [-0.39, 0.29) is 17.7 Å². The number of hydrogen-bond donors (Lipinski definition) is 3. The molecule has 0 bridgehead atoms. The molecule has 0 saturated heterocycles. The number of rotatable bonds is 5. The monoisotopic (exact) mass is 302 g/mol. The average molecular weight is 302 g/mol. The zero-order valence-electron chi connectivity index (χ0n) is 12.2. The summed E-state index contributed by atoms with van der Waals surface area (Å²) in [6, 6.07) is 5.13. The fraction of sp³-hybridized carbons (Fsp3) is 0.500. The minimum absolute atomic E-state index is 0.0440. The van der Waals surface area contributed by atoms with Gasteiger partial charge in [-0.15, -0.1) is 0 Å². The second-order valence-corrected chi connectivity index (χ2v) is 5.62. The Morgan fingerprint density at radius 2 is 2.05 bits per heavy atom. The molecule has 0 radical (unpaired) electrons. The van der Waals surface area contributed by atoms with Gasteiger partial charge in [-0.2, -0.15) is 8.78 Å². The smallest absolute Gasteiger partial charge is 0.387 e. The Kier molecular flexibility index (Phi) is 5.90. The van der Waals surface area contributed by atoms with Crippen LogP contribution in [0.1, 0.15) is 20.8 Å². The number of urea groups is 1. The highest BCUT2D eigenvalue weighted by molar-refractivity contribution is 5.89. The second-order valence-electron chi connectivity index (χ2n) is 5.62. The number of aliphatic hydroxyl groups is 1. The fourth-order valence-electron chi connectivity index (χ4n) is 1.42. The summed E-state index contributed by atoms with van der Waals surface area (Å²) in [5, 5.41) is 14.8. The van der Waals surface area contributed by atoms with E-state index in [0.29, 0.717) is 5.69 Å². The van der Waals surface area contributed by atoms with Crippen LogP contribution in [-0.4, -0.2) is 30.4 Å². The third kappa shape index (κ3) is 6.40. The number of alkyl halides is 2. The Labute approximate surface area is 122 Å². The van der Waals surface area contributed by atoms with Gasteiger partial charge in [-0.25, -0.2) is 4.79 Å². The third-order valence-electron chi connectivity index (χ3n) is 2.77. The Hall–Kier alpha value is -1.89. The lowest BCUT2D eigenvalue weighted by Gasteiger charge is -2.25. The van der Waals surface area contributed by atoms with Crippen LogP contribution in [0.15, 0.2) is 24.3 Å². The van der Waals surface area contributed by atoms with E-state index in [0.717, 1.165) is 0 Å². The predicted octanol–water partition coefficient (Wildman–Crippen LogP) is 2.82. The molecule has 7 heteroatoms. The minimum atomic E-state index is -2.92. The first-order valence-electron chi connectivity index (χ1n) is 6.46. The molecule has 0 aliphatic heterocycles. The Morgan fingerprint density at radius 3 is 2.62 bits per heavy atom. The molecule has 0 heterocycles. The number of anilines is 1. The van der Waals surface area contributed by atoms with Crippen LogP contribution in [-0.2, 0) is 0 Å². The van der Waals surface area contributed by atoms with Crippen molar-refractivity contribution < 1.29 is 23.4 Å². The van der Waals surface area contributed by atoms with E-state index in [1.165, 1.54) is 24.3 Å². The van der Waals surface area contributed by atoms with E-state index in [1.807, 2.05) is 20.8 Å². The molecule has 1 atom stereocenters. The molecule has 0 aliphatic carbocycles. The predicted molar refractivity (Wildman–Crippen MR) is 75.6 cm³/mol. The lowest BCUT2D eigenvalue weighted by molar-refractivity contribution is -0.0497. The fourth-order valence-corrected chi connectivity index (χ4v) is 1.42. The number of hydrogen-bond acceptors (Lipinski definition) is 3. The van der Waals surface area contributed by atoms with Crippen molar-refractivity contribution in [1.82, 2.24) is 5.32 Å². The van der Waals surface area contributed by atoms with Gasteiger partial charge in [-0.1, -0.05) is 26.8 Å². The van der Waals surface area contributed by atoms with Crippen molar-refractivity contribution in [3.8, 4) is 5.75 Å². The lowest BCUT2D eigenvalue weighted by Crippen LogP contribution is -2.40. The van der Waals surface area contributed by atoms with Gasteiger partial charge in [0.2, 0.25) is 0 Å². The van der Waals surface area contributed by atoms with Crippen molar-refractivity contribution in [2.75, 3.05) is 11.9 Å². The molecule has 1 aromatic rings. The standard InChI is InChI=1S/C14H20F2N2O3/c1-14(2,3)11(19)8-17-13(20)18-9-5-4-6-10(7-9)21-12(15)16/h4-7,11-12,19H,8H2,1-3H3,(H2,17,18,20). The number of carbonyl (C=O) groups excluding carboxylic acids is 1. The first-order chi connectivity index (χ1) is 9.68. The number of ether oxygens (including phenoxy) is 1. The van der Waals surface area contributed by atoms with Crippen LogP contribution in [0.2, 0.25) is 0 Å². The summed E-state index contributed by atoms with van der Waals surface area (Å²) in [5.41, 5.74) is -0.0333. The normalized spacial score (nSPS) is 12.9. The number of aliphatic hydroxyl groups excluding tert-OH is 1. The van der Waals surface area contributed by atoms with Gasteiger partial charge < -0.3 is 20.5 Å².